The van der Waals surface area contributed by atoms with Gasteiger partial charge in [0.25, 0.3) is 0 Å². The van der Waals surface area contributed by atoms with Crippen LogP contribution >= 0.6 is 7.60 Å². The molecule has 8 heteroatoms. The van der Waals surface area contributed by atoms with E-state index in [2.05, 4.69) is 20.5 Å². The Morgan fingerprint density at radius 3 is 2.53 bits per heavy atom. The van der Waals surface area contributed by atoms with E-state index in [0.29, 0.717) is 5.56 Å². The number of benzene rings is 1. The largest absolute Gasteiger partial charge is 0.352 e. The van der Waals surface area contributed by atoms with Crippen LogP contribution in [0.5, 0.6) is 0 Å². The quantitative estimate of drug-likeness (QED) is 0.608. The maximum absolute atomic E-state index is 11.4. The standard InChI is InChI=1S/C9H11N4O3P/c14-17(15,16)8(7-4-2-1-3-5-7)12-9-10-6-11-13-9/h1-6,8H,(H2,14,15,16)(H2,10,11,12,13)/t8-/m0/s1. The van der Waals surface area contributed by atoms with Crippen LogP contribution in [0.3, 0.4) is 0 Å². The van der Waals surface area contributed by atoms with E-state index in [1.165, 1.54) is 6.33 Å². The number of hydrogen-bond acceptors (Lipinski definition) is 4. The second-order valence-corrected chi connectivity index (χ2v) is 5.08. The summed E-state index contributed by atoms with van der Waals surface area (Å²) in [5.41, 5.74) is 0.484. The van der Waals surface area contributed by atoms with E-state index in [4.69, 9.17) is 0 Å². The van der Waals surface area contributed by atoms with Gasteiger partial charge in [-0.05, 0) is 5.56 Å². The average molecular weight is 254 g/mol. The van der Waals surface area contributed by atoms with Gasteiger partial charge >= 0.3 is 7.60 Å². The first-order valence-corrected chi connectivity index (χ1v) is 6.47. The summed E-state index contributed by atoms with van der Waals surface area (Å²) in [6.45, 7) is 0. The summed E-state index contributed by atoms with van der Waals surface area (Å²) in [7, 11) is -4.34. The van der Waals surface area contributed by atoms with Crippen molar-refractivity contribution in [1.82, 2.24) is 15.2 Å². The van der Waals surface area contributed by atoms with Crippen LogP contribution in [-0.2, 0) is 4.57 Å². The lowest BCUT2D eigenvalue weighted by Gasteiger charge is -2.19. The molecule has 0 fully saturated rings. The van der Waals surface area contributed by atoms with E-state index in [1.54, 1.807) is 30.3 Å². The maximum atomic E-state index is 11.4. The second-order valence-electron chi connectivity index (χ2n) is 3.38. The highest BCUT2D eigenvalue weighted by Crippen LogP contribution is 2.51. The minimum atomic E-state index is -4.34. The first-order chi connectivity index (χ1) is 8.07. The van der Waals surface area contributed by atoms with E-state index in [9.17, 15) is 14.4 Å². The number of rotatable bonds is 4. The monoisotopic (exact) mass is 254 g/mol. The predicted molar refractivity (Wildman–Crippen MR) is 61.2 cm³/mol. The molecule has 17 heavy (non-hydrogen) atoms. The summed E-state index contributed by atoms with van der Waals surface area (Å²) >= 11 is 0. The van der Waals surface area contributed by atoms with Gasteiger partial charge in [0.1, 0.15) is 6.33 Å². The zero-order valence-corrected chi connectivity index (χ0v) is 9.58. The number of H-pyrrole nitrogens is 1. The lowest BCUT2D eigenvalue weighted by atomic mass is 10.2. The lowest BCUT2D eigenvalue weighted by molar-refractivity contribution is 0.363. The molecule has 1 aromatic heterocycles. The van der Waals surface area contributed by atoms with Gasteiger partial charge < -0.3 is 15.1 Å². The van der Waals surface area contributed by atoms with E-state index in [1.807, 2.05) is 0 Å². The van der Waals surface area contributed by atoms with Crippen LogP contribution in [-0.4, -0.2) is 25.0 Å². The molecule has 7 nitrogen and oxygen atoms in total. The summed E-state index contributed by atoms with van der Waals surface area (Å²) in [4.78, 5) is 22.4. The van der Waals surface area contributed by atoms with Crippen molar-refractivity contribution in [3.05, 3.63) is 42.2 Å². The first-order valence-electron chi connectivity index (χ1n) is 4.79. The molecule has 0 aliphatic rings. The van der Waals surface area contributed by atoms with Crippen molar-refractivity contribution in [2.75, 3.05) is 5.32 Å². The Morgan fingerprint density at radius 2 is 2.00 bits per heavy atom. The molecular weight excluding hydrogens is 243 g/mol. The van der Waals surface area contributed by atoms with Crippen molar-refractivity contribution < 1.29 is 14.4 Å². The molecule has 0 bridgehead atoms. The minimum absolute atomic E-state index is 0.210. The van der Waals surface area contributed by atoms with Crippen LogP contribution in [0.25, 0.3) is 0 Å². The van der Waals surface area contributed by atoms with E-state index in [0.717, 1.165) is 0 Å². The van der Waals surface area contributed by atoms with E-state index >= 15 is 0 Å². The molecule has 0 unspecified atom stereocenters. The fourth-order valence-electron chi connectivity index (χ4n) is 1.40. The van der Waals surface area contributed by atoms with E-state index < -0.39 is 13.4 Å². The maximum Gasteiger partial charge on any atom is 0.352 e. The number of aromatic nitrogens is 3. The average Bonchev–Trinajstić information content (AvgIpc) is 2.78. The van der Waals surface area contributed by atoms with E-state index in [-0.39, 0.29) is 5.95 Å². The molecule has 2 aromatic rings. The molecule has 0 aliphatic carbocycles. The zero-order valence-electron chi connectivity index (χ0n) is 8.69. The van der Waals surface area contributed by atoms with Gasteiger partial charge in [-0.15, -0.1) is 0 Å². The molecule has 2 rings (SSSR count). The highest BCUT2D eigenvalue weighted by atomic mass is 31.2. The smallest absolute Gasteiger partial charge is 0.337 e. The van der Waals surface area contributed by atoms with Crippen LogP contribution in [0.4, 0.5) is 5.95 Å². The third-order valence-corrected chi connectivity index (χ3v) is 3.24. The third-order valence-electron chi connectivity index (χ3n) is 2.14. The van der Waals surface area contributed by atoms with Gasteiger partial charge in [-0.1, -0.05) is 30.3 Å². The van der Waals surface area contributed by atoms with Crippen LogP contribution in [0.15, 0.2) is 36.7 Å². The Bertz CT molecular complexity index is 510. The van der Waals surface area contributed by atoms with Crippen molar-refractivity contribution in [1.29, 1.82) is 0 Å². The summed E-state index contributed by atoms with van der Waals surface area (Å²) < 4.78 is 11.4. The molecule has 0 saturated carbocycles. The lowest BCUT2D eigenvalue weighted by Crippen LogP contribution is -2.12. The molecule has 0 aliphatic heterocycles. The van der Waals surface area contributed by atoms with Gasteiger partial charge in [0.05, 0.1) is 0 Å². The summed E-state index contributed by atoms with van der Waals surface area (Å²) in [5, 5.41) is 8.72. The van der Waals surface area contributed by atoms with Crippen LogP contribution < -0.4 is 5.32 Å². The molecule has 0 amide bonds. The van der Waals surface area contributed by atoms with Gasteiger partial charge in [0.15, 0.2) is 5.78 Å². The zero-order chi connectivity index (χ0) is 12.3. The summed E-state index contributed by atoms with van der Waals surface area (Å²) in [5.74, 6) is -0.932. The Morgan fingerprint density at radius 1 is 1.29 bits per heavy atom. The molecule has 1 atom stereocenters. The summed E-state index contributed by atoms with van der Waals surface area (Å²) in [6.07, 6.45) is 1.25. The minimum Gasteiger partial charge on any atom is -0.337 e. The van der Waals surface area contributed by atoms with Gasteiger partial charge in [-0.25, -0.2) is 10.1 Å². The Balaban J connectivity index is 2.30. The predicted octanol–water partition coefficient (Wildman–Crippen LogP) is 1.09. The summed E-state index contributed by atoms with van der Waals surface area (Å²) in [6, 6.07) is 8.45. The molecule has 4 N–H and O–H groups in total. The van der Waals surface area contributed by atoms with Gasteiger partial charge in [-0.2, -0.15) is 5.10 Å². The van der Waals surface area contributed by atoms with Crippen LogP contribution in [0.1, 0.15) is 11.3 Å². The third kappa shape index (κ3) is 2.91. The molecule has 0 radical (unpaired) electrons. The highest BCUT2D eigenvalue weighted by Gasteiger charge is 2.30. The molecule has 90 valence electrons. The van der Waals surface area contributed by atoms with Crippen molar-refractivity contribution in [2.45, 2.75) is 5.78 Å². The molecule has 1 aromatic carbocycles. The Labute approximate surface area is 97.1 Å². The number of hydrogen-bond donors (Lipinski definition) is 4. The second kappa shape index (κ2) is 4.67. The fraction of sp³-hybridized carbons (Fsp3) is 0.111. The number of nitrogens with zero attached hydrogens (tertiary/aromatic N) is 2. The van der Waals surface area contributed by atoms with Crippen molar-refractivity contribution in [3.63, 3.8) is 0 Å². The van der Waals surface area contributed by atoms with Gasteiger partial charge in [-0.3, -0.25) is 4.57 Å². The van der Waals surface area contributed by atoms with Crippen molar-refractivity contribution >= 4 is 13.5 Å². The number of aromatic amines is 1. The van der Waals surface area contributed by atoms with Gasteiger partial charge in [0, 0.05) is 0 Å². The number of anilines is 1. The molecule has 0 saturated heterocycles. The van der Waals surface area contributed by atoms with Crippen LogP contribution in [0.2, 0.25) is 0 Å². The molecule has 0 spiro atoms. The Hall–Kier alpha value is -1.69. The van der Waals surface area contributed by atoms with Crippen molar-refractivity contribution in [3.8, 4) is 0 Å². The molecule has 1 heterocycles. The van der Waals surface area contributed by atoms with Crippen LogP contribution in [0, 0.1) is 0 Å². The Kier molecular flexibility index (Phi) is 3.23. The SMILES string of the molecule is O=P(O)(O)[C@H](Nc1ncn[nH]1)c1ccccc1. The highest BCUT2D eigenvalue weighted by molar-refractivity contribution is 7.52. The first kappa shape index (κ1) is 11.8. The topological polar surface area (TPSA) is 111 Å². The fourth-order valence-corrected chi connectivity index (χ4v) is 2.25. The van der Waals surface area contributed by atoms with Crippen molar-refractivity contribution in [2.24, 2.45) is 0 Å². The van der Waals surface area contributed by atoms with Gasteiger partial charge in [0.2, 0.25) is 5.95 Å². The normalized spacial score (nSPS) is 13.3. The number of nitrogens with one attached hydrogen (secondary N) is 2. The molecular formula is C9H11N4O3P.